The Morgan fingerprint density at radius 3 is 2.41 bits per heavy atom. The lowest BCUT2D eigenvalue weighted by Gasteiger charge is -2.25. The highest BCUT2D eigenvalue weighted by atomic mass is 32.2. The van der Waals surface area contributed by atoms with Crippen LogP contribution in [0.4, 0.5) is 4.39 Å². The van der Waals surface area contributed by atoms with E-state index in [4.69, 9.17) is 0 Å². The molecule has 0 heterocycles. The number of nitrogens with one attached hydrogen (secondary N) is 1. The summed E-state index contributed by atoms with van der Waals surface area (Å²) >= 11 is 0. The summed E-state index contributed by atoms with van der Waals surface area (Å²) < 4.78 is 37.4. The third kappa shape index (κ3) is 6.11. The predicted molar refractivity (Wildman–Crippen MR) is 84.4 cm³/mol. The van der Waals surface area contributed by atoms with Gasteiger partial charge in [0.2, 0.25) is 15.9 Å². The van der Waals surface area contributed by atoms with Gasteiger partial charge in [-0.25, -0.2) is 12.8 Å². The number of hydrogen-bond donors (Lipinski definition) is 1. The first kappa shape index (κ1) is 18.6. The van der Waals surface area contributed by atoms with E-state index in [2.05, 4.69) is 5.32 Å². The van der Waals surface area contributed by atoms with Crippen LogP contribution in [0.5, 0.6) is 0 Å². The largest absolute Gasteiger partial charge is 0.355 e. The van der Waals surface area contributed by atoms with Gasteiger partial charge < -0.3 is 5.32 Å². The van der Waals surface area contributed by atoms with Gasteiger partial charge in [-0.2, -0.15) is 4.31 Å². The number of rotatable bonds is 8. The molecule has 1 aromatic carbocycles. The standard InChI is InChI=1S/C15H23FN2O3S/c1-4-12(2)18(22(3,20)21)11-15(19)17-10-9-13-5-7-14(16)8-6-13/h5-8,12H,4,9-11H2,1-3H3,(H,17,19). The highest BCUT2D eigenvalue weighted by molar-refractivity contribution is 7.88. The summed E-state index contributed by atoms with van der Waals surface area (Å²) in [6, 6.07) is 5.82. The average Bonchev–Trinajstić information content (AvgIpc) is 2.45. The molecule has 0 radical (unpaired) electrons. The smallest absolute Gasteiger partial charge is 0.235 e. The molecule has 0 spiro atoms. The van der Waals surface area contributed by atoms with Gasteiger partial charge in [0.05, 0.1) is 12.8 Å². The molecule has 124 valence electrons. The highest BCUT2D eigenvalue weighted by Gasteiger charge is 2.24. The molecule has 0 aliphatic carbocycles. The molecule has 22 heavy (non-hydrogen) atoms. The van der Waals surface area contributed by atoms with Crippen molar-refractivity contribution >= 4 is 15.9 Å². The van der Waals surface area contributed by atoms with Gasteiger partial charge in [0.1, 0.15) is 5.82 Å². The number of nitrogens with zero attached hydrogens (tertiary/aromatic N) is 1. The van der Waals surface area contributed by atoms with Gasteiger partial charge in [0, 0.05) is 12.6 Å². The molecule has 7 heteroatoms. The lowest BCUT2D eigenvalue weighted by molar-refractivity contribution is -0.121. The Morgan fingerprint density at radius 1 is 1.32 bits per heavy atom. The van der Waals surface area contributed by atoms with Crippen LogP contribution in [-0.4, -0.2) is 44.0 Å². The number of halogens is 1. The van der Waals surface area contributed by atoms with Gasteiger partial charge in [0.15, 0.2) is 0 Å². The van der Waals surface area contributed by atoms with Crippen LogP contribution in [0.3, 0.4) is 0 Å². The lowest BCUT2D eigenvalue weighted by atomic mass is 10.1. The Kier molecular flexibility index (Phi) is 6.96. The molecule has 0 saturated heterocycles. The summed E-state index contributed by atoms with van der Waals surface area (Å²) in [4.78, 5) is 11.9. The third-order valence-electron chi connectivity index (χ3n) is 3.46. The molecule has 0 fully saturated rings. The molecule has 0 saturated carbocycles. The first-order valence-corrected chi connectivity index (χ1v) is 9.06. The minimum atomic E-state index is -3.42. The van der Waals surface area contributed by atoms with Crippen LogP contribution in [0.2, 0.25) is 0 Å². The Hall–Kier alpha value is -1.47. The Bertz CT molecular complexity index is 587. The van der Waals surface area contributed by atoms with E-state index in [-0.39, 0.29) is 24.3 Å². The molecule has 1 unspecified atom stereocenters. The average molecular weight is 330 g/mol. The van der Waals surface area contributed by atoms with Crippen LogP contribution in [0.1, 0.15) is 25.8 Å². The zero-order valence-electron chi connectivity index (χ0n) is 13.2. The van der Waals surface area contributed by atoms with Crippen molar-refractivity contribution in [1.82, 2.24) is 9.62 Å². The summed E-state index contributed by atoms with van der Waals surface area (Å²) in [6.45, 7) is 3.84. The SMILES string of the molecule is CCC(C)N(CC(=O)NCCc1ccc(F)cc1)S(C)(=O)=O. The van der Waals surface area contributed by atoms with Crippen molar-refractivity contribution in [1.29, 1.82) is 0 Å². The van der Waals surface area contributed by atoms with Crippen molar-refractivity contribution in [2.45, 2.75) is 32.7 Å². The van der Waals surface area contributed by atoms with Gasteiger partial charge in [0.25, 0.3) is 0 Å². The van der Waals surface area contributed by atoms with Gasteiger partial charge in [-0.3, -0.25) is 4.79 Å². The number of benzene rings is 1. The van der Waals surface area contributed by atoms with E-state index in [1.54, 1.807) is 19.1 Å². The molecule has 5 nitrogen and oxygen atoms in total. The van der Waals surface area contributed by atoms with Crippen LogP contribution < -0.4 is 5.32 Å². The molecule has 0 bridgehead atoms. The summed E-state index contributed by atoms with van der Waals surface area (Å²) in [6.07, 6.45) is 2.30. The number of carbonyl (C=O) groups is 1. The first-order chi connectivity index (χ1) is 10.2. The lowest BCUT2D eigenvalue weighted by Crippen LogP contribution is -2.44. The van der Waals surface area contributed by atoms with Crippen LogP contribution in [0, 0.1) is 5.82 Å². The quantitative estimate of drug-likeness (QED) is 0.786. The molecule has 1 N–H and O–H groups in total. The maximum atomic E-state index is 12.8. The number of sulfonamides is 1. The van der Waals surface area contributed by atoms with Crippen molar-refractivity contribution in [3.63, 3.8) is 0 Å². The zero-order chi connectivity index (χ0) is 16.8. The number of carbonyl (C=O) groups excluding carboxylic acids is 1. The van der Waals surface area contributed by atoms with E-state index < -0.39 is 10.0 Å². The number of amides is 1. The molecule has 1 aromatic rings. The molecular weight excluding hydrogens is 307 g/mol. The van der Waals surface area contributed by atoms with Crippen molar-refractivity contribution in [2.24, 2.45) is 0 Å². The van der Waals surface area contributed by atoms with Crippen molar-refractivity contribution in [3.8, 4) is 0 Å². The second-order valence-corrected chi connectivity index (χ2v) is 7.23. The Morgan fingerprint density at radius 2 is 1.91 bits per heavy atom. The van der Waals surface area contributed by atoms with Gasteiger partial charge >= 0.3 is 0 Å². The van der Waals surface area contributed by atoms with E-state index >= 15 is 0 Å². The van der Waals surface area contributed by atoms with Gasteiger partial charge in [-0.05, 0) is 37.5 Å². The maximum absolute atomic E-state index is 12.8. The van der Waals surface area contributed by atoms with Crippen LogP contribution >= 0.6 is 0 Å². The molecular formula is C15H23FN2O3S. The molecule has 0 aromatic heterocycles. The third-order valence-corrected chi connectivity index (χ3v) is 4.80. The summed E-state index contributed by atoms with van der Waals surface area (Å²) in [5.41, 5.74) is 0.906. The molecule has 0 aliphatic heterocycles. The van der Waals surface area contributed by atoms with Crippen LogP contribution in [0.15, 0.2) is 24.3 Å². The topological polar surface area (TPSA) is 66.5 Å². The van der Waals surface area contributed by atoms with E-state index in [1.165, 1.54) is 16.4 Å². The van der Waals surface area contributed by atoms with Crippen molar-refractivity contribution in [2.75, 3.05) is 19.3 Å². The first-order valence-electron chi connectivity index (χ1n) is 7.22. The molecule has 1 amide bonds. The second-order valence-electron chi connectivity index (χ2n) is 5.29. The van der Waals surface area contributed by atoms with Crippen molar-refractivity contribution in [3.05, 3.63) is 35.6 Å². The van der Waals surface area contributed by atoms with Crippen LogP contribution in [-0.2, 0) is 21.2 Å². The minimum absolute atomic E-state index is 0.183. The van der Waals surface area contributed by atoms with E-state index in [0.717, 1.165) is 11.8 Å². The van der Waals surface area contributed by atoms with Crippen LogP contribution in [0.25, 0.3) is 0 Å². The predicted octanol–water partition coefficient (Wildman–Crippen LogP) is 1.54. The van der Waals surface area contributed by atoms with E-state index in [1.807, 2.05) is 6.92 Å². The maximum Gasteiger partial charge on any atom is 0.235 e. The van der Waals surface area contributed by atoms with Gasteiger partial charge in [-0.1, -0.05) is 19.1 Å². The summed E-state index contributed by atoms with van der Waals surface area (Å²) in [5.74, 6) is -0.641. The summed E-state index contributed by atoms with van der Waals surface area (Å²) in [5, 5.41) is 2.69. The number of hydrogen-bond acceptors (Lipinski definition) is 3. The molecule has 1 rings (SSSR count). The second kappa shape index (κ2) is 8.24. The molecule has 0 aliphatic rings. The van der Waals surface area contributed by atoms with E-state index in [0.29, 0.717) is 19.4 Å². The zero-order valence-corrected chi connectivity index (χ0v) is 14.0. The minimum Gasteiger partial charge on any atom is -0.355 e. The summed E-state index contributed by atoms with van der Waals surface area (Å²) in [7, 11) is -3.42. The Balaban J connectivity index is 2.49. The fourth-order valence-corrected chi connectivity index (χ4v) is 3.15. The van der Waals surface area contributed by atoms with Gasteiger partial charge in [-0.15, -0.1) is 0 Å². The highest BCUT2D eigenvalue weighted by Crippen LogP contribution is 2.08. The van der Waals surface area contributed by atoms with Crippen molar-refractivity contribution < 1.29 is 17.6 Å². The molecule has 1 atom stereocenters. The Labute approximate surface area is 131 Å². The monoisotopic (exact) mass is 330 g/mol. The fraction of sp³-hybridized carbons (Fsp3) is 0.533. The fourth-order valence-electron chi connectivity index (χ4n) is 2.00. The van der Waals surface area contributed by atoms with E-state index in [9.17, 15) is 17.6 Å². The normalized spacial score (nSPS) is 13.1.